The summed E-state index contributed by atoms with van der Waals surface area (Å²) in [5.41, 5.74) is -0.567. The first-order valence-electron chi connectivity index (χ1n) is 7.15. The average Bonchev–Trinajstić information content (AvgIpc) is 2.40. The van der Waals surface area contributed by atoms with E-state index in [-0.39, 0.29) is 11.2 Å². The van der Waals surface area contributed by atoms with Gasteiger partial charge in [-0.05, 0) is 22.4 Å². The molecule has 1 heterocycles. The molecule has 0 aliphatic rings. The topological polar surface area (TPSA) is 54.9 Å². The smallest absolute Gasteiger partial charge is 0.313 e. The van der Waals surface area contributed by atoms with Crippen LogP contribution in [0.1, 0.15) is 58.3 Å². The van der Waals surface area contributed by atoms with E-state index in [4.69, 9.17) is 0 Å². The van der Waals surface area contributed by atoms with Crippen LogP contribution in [-0.2, 0) is 6.54 Å². The van der Waals surface area contributed by atoms with Crippen molar-refractivity contribution in [1.82, 2.24) is 9.55 Å². The molecule has 5 heteroatoms. The maximum absolute atomic E-state index is 11.7. The molecule has 0 aliphatic carbocycles. The molecule has 0 fully saturated rings. The van der Waals surface area contributed by atoms with E-state index < -0.39 is 0 Å². The Morgan fingerprint density at radius 1 is 1.05 bits per heavy atom. The second kappa shape index (κ2) is 9.13. The molecule has 4 nitrogen and oxygen atoms in total. The van der Waals surface area contributed by atoms with Gasteiger partial charge in [0.1, 0.15) is 0 Å². The third-order valence-electron chi connectivity index (χ3n) is 3.25. The van der Waals surface area contributed by atoms with Crippen molar-refractivity contribution in [2.45, 2.75) is 64.8 Å². The molecule has 0 saturated heterocycles. The highest BCUT2D eigenvalue weighted by Gasteiger charge is 2.04. The number of aromatic amines is 1. The van der Waals surface area contributed by atoms with Gasteiger partial charge in [0.15, 0.2) is 0 Å². The molecule has 1 aromatic heterocycles. The van der Waals surface area contributed by atoms with Gasteiger partial charge in [-0.2, -0.15) is 0 Å². The van der Waals surface area contributed by atoms with Crippen molar-refractivity contribution in [3.8, 4) is 0 Å². The molecule has 0 aliphatic heterocycles. The van der Waals surface area contributed by atoms with Gasteiger partial charge in [0.05, 0.1) is 4.47 Å². The van der Waals surface area contributed by atoms with Crippen LogP contribution in [0, 0.1) is 0 Å². The largest absolute Gasteiger partial charge is 0.328 e. The van der Waals surface area contributed by atoms with E-state index in [0.717, 1.165) is 12.8 Å². The zero-order valence-electron chi connectivity index (χ0n) is 11.6. The molecule has 1 N–H and O–H groups in total. The molecule has 0 atom stereocenters. The Kier molecular flexibility index (Phi) is 7.79. The van der Waals surface area contributed by atoms with Crippen molar-refractivity contribution in [2.24, 2.45) is 0 Å². The van der Waals surface area contributed by atoms with Gasteiger partial charge in [0.2, 0.25) is 0 Å². The predicted molar refractivity (Wildman–Crippen MR) is 81.6 cm³/mol. The van der Waals surface area contributed by atoms with Gasteiger partial charge in [-0.25, -0.2) is 4.79 Å². The highest BCUT2D eigenvalue weighted by Crippen LogP contribution is 2.08. The van der Waals surface area contributed by atoms with Crippen molar-refractivity contribution < 1.29 is 0 Å². The van der Waals surface area contributed by atoms with E-state index in [1.165, 1.54) is 49.3 Å². The maximum atomic E-state index is 11.7. The van der Waals surface area contributed by atoms with Crippen molar-refractivity contribution in [3.05, 3.63) is 31.5 Å². The van der Waals surface area contributed by atoms with E-state index in [2.05, 4.69) is 27.8 Å². The molecule has 0 amide bonds. The number of aromatic nitrogens is 2. The molecule has 0 unspecified atom stereocenters. The number of hydrogen-bond donors (Lipinski definition) is 1. The average molecular weight is 331 g/mol. The lowest BCUT2D eigenvalue weighted by molar-refractivity contribution is 0.525. The summed E-state index contributed by atoms with van der Waals surface area (Å²) < 4.78 is 1.67. The van der Waals surface area contributed by atoms with Crippen LogP contribution in [0.25, 0.3) is 0 Å². The van der Waals surface area contributed by atoms with Crippen LogP contribution in [0.5, 0.6) is 0 Å². The first kappa shape index (κ1) is 16.2. The highest BCUT2D eigenvalue weighted by molar-refractivity contribution is 9.10. The Morgan fingerprint density at radius 2 is 1.63 bits per heavy atom. The van der Waals surface area contributed by atoms with Crippen molar-refractivity contribution in [3.63, 3.8) is 0 Å². The SMILES string of the molecule is CCCCCCCCCCn1c(=O)[nH]cc(Br)c1=O. The molecule has 19 heavy (non-hydrogen) atoms. The van der Waals surface area contributed by atoms with Crippen molar-refractivity contribution in [2.75, 3.05) is 0 Å². The zero-order chi connectivity index (χ0) is 14.1. The third-order valence-corrected chi connectivity index (χ3v) is 3.82. The quantitative estimate of drug-likeness (QED) is 0.705. The van der Waals surface area contributed by atoms with Crippen LogP contribution < -0.4 is 11.2 Å². The van der Waals surface area contributed by atoms with Gasteiger partial charge in [0, 0.05) is 12.7 Å². The Morgan fingerprint density at radius 3 is 2.26 bits per heavy atom. The number of hydrogen-bond acceptors (Lipinski definition) is 2. The first-order chi connectivity index (χ1) is 9.16. The predicted octanol–water partition coefficient (Wildman–Crippen LogP) is 3.44. The van der Waals surface area contributed by atoms with Gasteiger partial charge in [-0.3, -0.25) is 9.36 Å². The number of nitrogens with zero attached hydrogens (tertiary/aromatic N) is 1. The van der Waals surface area contributed by atoms with E-state index >= 15 is 0 Å². The van der Waals surface area contributed by atoms with Gasteiger partial charge in [-0.1, -0.05) is 51.9 Å². The lowest BCUT2D eigenvalue weighted by Crippen LogP contribution is -2.35. The minimum absolute atomic E-state index is 0.244. The number of H-pyrrole nitrogens is 1. The lowest BCUT2D eigenvalue weighted by Gasteiger charge is -2.05. The minimum atomic E-state index is -0.323. The second-order valence-electron chi connectivity index (χ2n) is 4.87. The summed E-state index contributed by atoms with van der Waals surface area (Å²) in [6.45, 7) is 2.72. The van der Waals surface area contributed by atoms with Crippen molar-refractivity contribution >= 4 is 15.9 Å². The first-order valence-corrected chi connectivity index (χ1v) is 7.94. The molecular weight excluding hydrogens is 308 g/mol. The molecule has 1 aromatic rings. The van der Waals surface area contributed by atoms with E-state index in [1.54, 1.807) is 0 Å². The summed E-state index contributed by atoms with van der Waals surface area (Å²) in [6, 6.07) is 0. The van der Waals surface area contributed by atoms with Crippen LogP contribution >= 0.6 is 15.9 Å². The Labute approximate surface area is 122 Å². The summed E-state index contributed by atoms with van der Waals surface area (Å²) in [7, 11) is 0. The maximum Gasteiger partial charge on any atom is 0.328 e. The molecule has 0 aromatic carbocycles. The zero-order valence-corrected chi connectivity index (χ0v) is 13.2. The molecule has 0 spiro atoms. The molecule has 108 valence electrons. The number of unbranched alkanes of at least 4 members (excludes halogenated alkanes) is 7. The van der Waals surface area contributed by atoms with Crippen LogP contribution in [0.2, 0.25) is 0 Å². The minimum Gasteiger partial charge on any atom is -0.313 e. The second-order valence-corrected chi connectivity index (χ2v) is 5.73. The van der Waals surface area contributed by atoms with E-state index in [1.807, 2.05) is 0 Å². The molecule has 0 radical (unpaired) electrons. The monoisotopic (exact) mass is 330 g/mol. The highest BCUT2D eigenvalue weighted by atomic mass is 79.9. The van der Waals surface area contributed by atoms with Crippen molar-refractivity contribution in [1.29, 1.82) is 0 Å². The van der Waals surface area contributed by atoms with Crippen LogP contribution in [0.4, 0.5) is 0 Å². The number of rotatable bonds is 9. The van der Waals surface area contributed by atoms with Crippen LogP contribution in [-0.4, -0.2) is 9.55 Å². The van der Waals surface area contributed by atoms with Gasteiger partial charge in [-0.15, -0.1) is 0 Å². The summed E-state index contributed by atoms with van der Waals surface area (Å²) in [6.07, 6.45) is 11.0. The summed E-state index contributed by atoms with van der Waals surface area (Å²) in [5.74, 6) is 0. The molecule has 1 rings (SSSR count). The van der Waals surface area contributed by atoms with Gasteiger partial charge >= 0.3 is 5.69 Å². The third kappa shape index (κ3) is 5.76. The Balaban J connectivity index is 2.25. The van der Waals surface area contributed by atoms with E-state index in [0.29, 0.717) is 11.0 Å². The fourth-order valence-corrected chi connectivity index (χ4v) is 2.42. The number of halogens is 1. The Hall–Kier alpha value is -0.840. The molecule has 0 bridgehead atoms. The molecule has 0 saturated carbocycles. The fourth-order valence-electron chi connectivity index (χ4n) is 2.09. The van der Waals surface area contributed by atoms with Gasteiger partial charge < -0.3 is 4.98 Å². The standard InChI is InChI=1S/C14H23BrN2O2/c1-2-3-4-5-6-7-8-9-10-17-13(18)12(15)11-16-14(17)19/h11H,2-10H2,1H3,(H,16,19). The normalized spacial score (nSPS) is 10.8. The van der Waals surface area contributed by atoms with Crippen LogP contribution in [0.15, 0.2) is 20.3 Å². The van der Waals surface area contributed by atoms with Gasteiger partial charge in [0.25, 0.3) is 5.56 Å². The summed E-state index contributed by atoms with van der Waals surface area (Å²) >= 11 is 3.13. The number of nitrogens with one attached hydrogen (secondary N) is 1. The van der Waals surface area contributed by atoms with Crippen LogP contribution in [0.3, 0.4) is 0 Å². The summed E-state index contributed by atoms with van der Waals surface area (Å²) in [5, 5.41) is 0. The lowest BCUT2D eigenvalue weighted by atomic mass is 10.1. The summed E-state index contributed by atoms with van der Waals surface area (Å²) in [4.78, 5) is 25.8. The molecular formula is C14H23BrN2O2. The Bertz CT molecular complexity index is 479. The van der Waals surface area contributed by atoms with E-state index in [9.17, 15) is 9.59 Å². The fraction of sp³-hybridized carbons (Fsp3) is 0.714.